The maximum Gasteiger partial charge on any atom is 0.263 e. The molecule has 2 heterocycles. The molecule has 1 atom stereocenters. The molecule has 3 aliphatic carbocycles. The number of aromatic nitrogens is 1. The molecule has 0 N–H and O–H groups in total. The van der Waals surface area contributed by atoms with Crippen LogP contribution in [0.2, 0.25) is 0 Å². The van der Waals surface area contributed by atoms with E-state index in [4.69, 9.17) is 0 Å². The third-order valence-corrected chi connectivity index (χ3v) is 14.6. The average Bonchev–Trinajstić information content (AvgIpc) is 3.84. The molecule has 3 heteroatoms. The second-order valence-electron chi connectivity index (χ2n) is 17.7. The maximum absolute atomic E-state index is 15.2. The van der Waals surface area contributed by atoms with Gasteiger partial charge in [0.25, 0.3) is 5.56 Å². The van der Waals surface area contributed by atoms with Crippen molar-refractivity contribution in [1.82, 2.24) is 4.57 Å². The number of hydrogen-bond donors (Lipinski definition) is 0. The molecule has 9 aromatic carbocycles. The monoisotopic (exact) mass is 828 g/mol. The van der Waals surface area contributed by atoms with Gasteiger partial charge in [0.05, 0.1) is 28.0 Å². The predicted octanol–water partition coefficient (Wildman–Crippen LogP) is 15.4. The van der Waals surface area contributed by atoms with Crippen LogP contribution in [0, 0.1) is 0 Å². The Hall–Kier alpha value is -8.27. The Morgan fingerprint density at radius 3 is 1.82 bits per heavy atom. The molecule has 14 rings (SSSR count). The van der Waals surface area contributed by atoms with Crippen LogP contribution in [0.5, 0.6) is 0 Å². The average molecular weight is 829 g/mol. The SMILES string of the molecule is O=c1c2ccccc2c2cccc3c2n1-c1ccccc1-c1cc(-c2ccccc2)ccc1N(c1ccc2c(c1)C1(C4=CCCC=C4c4ccccc41)c1ccccc1-2)c1ccccc1-3. The van der Waals surface area contributed by atoms with Gasteiger partial charge in [-0.25, -0.2) is 0 Å². The topological polar surface area (TPSA) is 25.2 Å². The summed E-state index contributed by atoms with van der Waals surface area (Å²) >= 11 is 0. The lowest BCUT2D eigenvalue weighted by Crippen LogP contribution is -2.27. The van der Waals surface area contributed by atoms with Gasteiger partial charge in [-0.05, 0) is 116 Å². The minimum absolute atomic E-state index is 0.0329. The number of rotatable bonds is 2. The first kappa shape index (κ1) is 36.2. The fourth-order valence-electron chi connectivity index (χ4n) is 12.0. The normalized spacial score (nSPS) is 16.2. The van der Waals surface area contributed by atoms with Gasteiger partial charge in [0.2, 0.25) is 0 Å². The Kier molecular flexibility index (Phi) is 7.59. The lowest BCUT2D eigenvalue weighted by atomic mass is 9.69. The summed E-state index contributed by atoms with van der Waals surface area (Å²) < 4.78 is 1.99. The molecule has 1 unspecified atom stereocenters. The molecule has 304 valence electrons. The minimum Gasteiger partial charge on any atom is -0.309 e. The van der Waals surface area contributed by atoms with Crippen LogP contribution in [0.3, 0.4) is 0 Å². The Labute approximate surface area is 377 Å². The predicted molar refractivity (Wildman–Crippen MR) is 269 cm³/mol. The lowest BCUT2D eigenvalue weighted by Gasteiger charge is -2.35. The zero-order valence-corrected chi connectivity index (χ0v) is 35.5. The first-order chi connectivity index (χ1) is 32.2. The maximum atomic E-state index is 15.2. The Morgan fingerprint density at radius 2 is 0.985 bits per heavy atom. The molecular weight excluding hydrogens is 789 g/mol. The van der Waals surface area contributed by atoms with Crippen LogP contribution in [0.4, 0.5) is 17.1 Å². The number of nitrogens with zero attached hydrogens (tertiary/aromatic N) is 2. The smallest absolute Gasteiger partial charge is 0.263 e. The lowest BCUT2D eigenvalue weighted by molar-refractivity contribution is 0.782. The van der Waals surface area contributed by atoms with Crippen molar-refractivity contribution in [1.29, 1.82) is 0 Å². The summed E-state index contributed by atoms with van der Waals surface area (Å²) in [7, 11) is 0. The van der Waals surface area contributed by atoms with E-state index in [-0.39, 0.29) is 5.56 Å². The number of para-hydroxylation sites is 3. The molecule has 0 saturated heterocycles. The minimum atomic E-state index is -0.458. The molecule has 3 nitrogen and oxygen atoms in total. The standard InChI is InChI=1S/C62H40N2O/c65-61-51-25-5-4-19-42(51)49-26-16-27-50-47-23-9-14-31-57(47)63(59-36-33-40(39-17-2-1-3-18-39)37-52(59)48-24-10-15-32-58(48)64(61)60(49)50)41-34-35-46-45-22-8-13-30-55(45)62(56(46)38-41)53-28-11-6-20-43(53)44-21-7-12-29-54(44)62/h1-6,8-11,13-38H,7,12H2. The van der Waals surface area contributed by atoms with Crippen molar-refractivity contribution < 1.29 is 0 Å². The number of fused-ring (bicyclic) bond motifs is 18. The molecule has 0 amide bonds. The Balaban J connectivity index is 1.13. The Bertz CT molecular complexity index is 3810. The first-order valence-electron chi connectivity index (χ1n) is 22.7. The molecule has 0 saturated carbocycles. The highest BCUT2D eigenvalue weighted by Gasteiger charge is 2.53. The van der Waals surface area contributed by atoms with Crippen molar-refractivity contribution >= 4 is 44.3 Å². The van der Waals surface area contributed by atoms with E-state index in [9.17, 15) is 0 Å². The fourth-order valence-corrected chi connectivity index (χ4v) is 12.0. The molecule has 1 aromatic heterocycles. The number of allylic oxidation sites excluding steroid dienone is 4. The third-order valence-electron chi connectivity index (χ3n) is 14.6. The molecule has 0 fully saturated rings. The first-order valence-corrected chi connectivity index (χ1v) is 22.7. The van der Waals surface area contributed by atoms with Gasteiger partial charge < -0.3 is 4.90 Å². The molecule has 1 spiro atoms. The highest BCUT2D eigenvalue weighted by molar-refractivity contribution is 6.13. The van der Waals surface area contributed by atoms with Crippen LogP contribution < -0.4 is 10.5 Å². The van der Waals surface area contributed by atoms with Crippen LogP contribution in [-0.4, -0.2) is 4.57 Å². The van der Waals surface area contributed by atoms with Crippen LogP contribution >= 0.6 is 0 Å². The summed E-state index contributed by atoms with van der Waals surface area (Å²) in [5.74, 6) is 0. The zero-order chi connectivity index (χ0) is 42.8. The van der Waals surface area contributed by atoms with E-state index in [1.807, 2.05) is 22.8 Å². The van der Waals surface area contributed by atoms with E-state index in [0.29, 0.717) is 5.39 Å². The summed E-state index contributed by atoms with van der Waals surface area (Å²) in [4.78, 5) is 17.7. The number of benzene rings is 9. The van der Waals surface area contributed by atoms with Crippen molar-refractivity contribution in [2.75, 3.05) is 4.90 Å². The Morgan fingerprint density at radius 1 is 0.385 bits per heavy atom. The van der Waals surface area contributed by atoms with E-state index >= 15 is 4.79 Å². The summed E-state index contributed by atoms with van der Waals surface area (Å²) in [6.07, 6.45) is 7.06. The summed E-state index contributed by atoms with van der Waals surface area (Å²) in [6, 6.07) is 74.7. The van der Waals surface area contributed by atoms with Crippen molar-refractivity contribution in [3.63, 3.8) is 0 Å². The van der Waals surface area contributed by atoms with Crippen molar-refractivity contribution in [3.05, 3.63) is 257 Å². The number of hydrogen-bond acceptors (Lipinski definition) is 2. The molecule has 0 bridgehead atoms. The second-order valence-corrected chi connectivity index (χ2v) is 17.7. The molecule has 10 aromatic rings. The van der Waals surface area contributed by atoms with Gasteiger partial charge in [0, 0.05) is 38.7 Å². The molecule has 4 aliphatic rings. The van der Waals surface area contributed by atoms with Crippen LogP contribution in [0.1, 0.15) is 35.1 Å². The number of anilines is 3. The van der Waals surface area contributed by atoms with Crippen molar-refractivity contribution in [2.45, 2.75) is 18.3 Å². The molecular formula is C62H40N2O. The van der Waals surface area contributed by atoms with Crippen molar-refractivity contribution in [2.24, 2.45) is 0 Å². The van der Waals surface area contributed by atoms with Gasteiger partial charge in [-0.15, -0.1) is 0 Å². The van der Waals surface area contributed by atoms with E-state index < -0.39 is 5.41 Å². The van der Waals surface area contributed by atoms with E-state index in [1.54, 1.807) is 0 Å². The third kappa shape index (κ3) is 4.87. The zero-order valence-electron chi connectivity index (χ0n) is 35.5. The molecule has 0 radical (unpaired) electrons. The highest BCUT2D eigenvalue weighted by atomic mass is 16.1. The largest absolute Gasteiger partial charge is 0.309 e. The van der Waals surface area contributed by atoms with Crippen LogP contribution in [0.25, 0.3) is 77.4 Å². The van der Waals surface area contributed by atoms with Gasteiger partial charge in [0.1, 0.15) is 0 Å². The fraction of sp³-hybridized carbons (Fsp3) is 0.0484. The summed E-state index contributed by atoms with van der Waals surface area (Å²) in [5.41, 5.74) is 21.4. The van der Waals surface area contributed by atoms with Gasteiger partial charge in [-0.3, -0.25) is 9.36 Å². The van der Waals surface area contributed by atoms with E-state index in [2.05, 4.69) is 205 Å². The second kappa shape index (κ2) is 13.6. The van der Waals surface area contributed by atoms with Gasteiger partial charge in [-0.2, -0.15) is 0 Å². The van der Waals surface area contributed by atoms with Crippen LogP contribution in [-0.2, 0) is 5.41 Å². The van der Waals surface area contributed by atoms with E-state index in [1.165, 1.54) is 44.5 Å². The highest BCUT2D eigenvalue weighted by Crippen LogP contribution is 2.65. The van der Waals surface area contributed by atoms with Gasteiger partial charge in [0.15, 0.2) is 0 Å². The molecule has 65 heavy (non-hydrogen) atoms. The quantitative estimate of drug-likeness (QED) is 0.162. The number of pyridine rings is 1. The summed E-state index contributed by atoms with van der Waals surface area (Å²) in [6.45, 7) is 0. The van der Waals surface area contributed by atoms with Gasteiger partial charge >= 0.3 is 0 Å². The van der Waals surface area contributed by atoms with Gasteiger partial charge in [-0.1, -0.05) is 176 Å². The van der Waals surface area contributed by atoms with E-state index in [0.717, 1.165) is 85.3 Å². The van der Waals surface area contributed by atoms with Crippen molar-refractivity contribution in [3.8, 4) is 50.2 Å². The molecule has 1 aliphatic heterocycles. The summed E-state index contributed by atoms with van der Waals surface area (Å²) in [5, 5.41) is 2.69. The van der Waals surface area contributed by atoms with Crippen LogP contribution in [0.15, 0.2) is 229 Å².